The molecule has 0 heterocycles. The van der Waals surface area contributed by atoms with E-state index in [0.29, 0.717) is 10.1 Å². The van der Waals surface area contributed by atoms with Crippen molar-refractivity contribution in [3.63, 3.8) is 0 Å². The molecule has 0 aromatic heterocycles. The largest absolute Gasteiger partial charge is 0.493 e. The van der Waals surface area contributed by atoms with E-state index < -0.39 is 34.2 Å². The highest BCUT2D eigenvalue weighted by molar-refractivity contribution is 7.92. The first-order chi connectivity index (χ1) is 17.6. The molecule has 0 unspecified atom stereocenters. The summed E-state index contributed by atoms with van der Waals surface area (Å²) in [6.07, 6.45) is 0. The van der Waals surface area contributed by atoms with E-state index in [1.807, 2.05) is 0 Å². The molecule has 0 aliphatic heterocycles. The Morgan fingerprint density at radius 2 is 1.59 bits per heavy atom. The van der Waals surface area contributed by atoms with Gasteiger partial charge >= 0.3 is 0 Å². The molecule has 37 heavy (non-hydrogen) atoms. The Bertz CT molecular complexity index is 1390. The molecule has 3 aromatic rings. The molecule has 3 rings (SSSR count). The number of carbonyl (C=O) groups is 2. The Morgan fingerprint density at radius 3 is 2.24 bits per heavy atom. The number of sulfonamides is 1. The van der Waals surface area contributed by atoms with Gasteiger partial charge in [0.25, 0.3) is 15.9 Å². The van der Waals surface area contributed by atoms with Gasteiger partial charge in [-0.05, 0) is 50.2 Å². The lowest BCUT2D eigenvalue weighted by Gasteiger charge is -2.25. The number of ether oxygens (including phenoxy) is 2. The quantitative estimate of drug-likeness (QED) is 0.413. The van der Waals surface area contributed by atoms with Crippen LogP contribution in [0.15, 0.2) is 71.6 Å². The Kier molecular flexibility index (Phi) is 8.72. The molecule has 3 aromatic carbocycles. The zero-order valence-electron chi connectivity index (χ0n) is 20.8. The van der Waals surface area contributed by atoms with Gasteiger partial charge < -0.3 is 20.1 Å². The van der Waals surface area contributed by atoms with Crippen molar-refractivity contribution in [2.75, 3.05) is 30.4 Å². The van der Waals surface area contributed by atoms with E-state index in [0.717, 1.165) is 6.07 Å². The minimum atomic E-state index is -4.45. The molecule has 0 aliphatic carbocycles. The van der Waals surface area contributed by atoms with Crippen LogP contribution in [-0.4, -0.2) is 47.0 Å². The molecule has 9 nitrogen and oxygen atoms in total. The van der Waals surface area contributed by atoms with E-state index in [4.69, 9.17) is 9.47 Å². The van der Waals surface area contributed by atoms with Crippen molar-refractivity contribution in [2.24, 2.45) is 0 Å². The number of nitrogens with zero attached hydrogens (tertiary/aromatic N) is 1. The highest BCUT2D eigenvalue weighted by atomic mass is 32.2. The summed E-state index contributed by atoms with van der Waals surface area (Å²) in [5.74, 6) is -1.58. The number of amides is 2. The second kappa shape index (κ2) is 11.7. The fourth-order valence-electron chi connectivity index (χ4n) is 3.51. The van der Waals surface area contributed by atoms with Crippen LogP contribution in [0.2, 0.25) is 0 Å². The fourth-order valence-corrected chi connectivity index (χ4v) is 4.95. The van der Waals surface area contributed by atoms with Crippen molar-refractivity contribution in [1.29, 1.82) is 0 Å². The Hall–Kier alpha value is -4.12. The van der Waals surface area contributed by atoms with Crippen LogP contribution < -0.4 is 24.4 Å². The lowest BCUT2D eigenvalue weighted by Crippen LogP contribution is -2.39. The molecule has 0 bridgehead atoms. The molecular formula is C26H28FN3O6S. The predicted molar refractivity (Wildman–Crippen MR) is 138 cm³/mol. The summed E-state index contributed by atoms with van der Waals surface area (Å²) in [6.45, 7) is 2.83. The van der Waals surface area contributed by atoms with Crippen molar-refractivity contribution in [1.82, 2.24) is 5.32 Å². The number of halogens is 1. The van der Waals surface area contributed by atoms with Gasteiger partial charge in [-0.3, -0.25) is 13.9 Å². The maximum Gasteiger partial charge on any atom is 0.265 e. The second-order valence-electron chi connectivity index (χ2n) is 8.20. The maximum atomic E-state index is 14.8. The molecule has 0 atom stereocenters. The van der Waals surface area contributed by atoms with Gasteiger partial charge in [-0.2, -0.15) is 0 Å². The Balaban J connectivity index is 1.99. The van der Waals surface area contributed by atoms with Gasteiger partial charge in [-0.15, -0.1) is 0 Å². The average molecular weight is 530 g/mol. The van der Waals surface area contributed by atoms with Crippen LogP contribution >= 0.6 is 0 Å². The third-order valence-corrected chi connectivity index (χ3v) is 6.97. The average Bonchev–Trinajstić information content (AvgIpc) is 2.87. The van der Waals surface area contributed by atoms with E-state index in [1.54, 1.807) is 26.0 Å². The molecule has 2 amide bonds. The third kappa shape index (κ3) is 6.36. The lowest BCUT2D eigenvalue weighted by molar-refractivity contribution is -0.114. The number of hydrogen-bond acceptors (Lipinski definition) is 6. The van der Waals surface area contributed by atoms with E-state index >= 15 is 0 Å². The fraction of sp³-hybridized carbons (Fsp3) is 0.231. The van der Waals surface area contributed by atoms with Gasteiger partial charge in [0, 0.05) is 12.1 Å². The minimum absolute atomic E-state index is 0.139. The summed E-state index contributed by atoms with van der Waals surface area (Å²) >= 11 is 0. The van der Waals surface area contributed by atoms with Crippen LogP contribution in [0.5, 0.6) is 11.5 Å². The van der Waals surface area contributed by atoms with Crippen molar-refractivity contribution >= 4 is 33.2 Å². The monoisotopic (exact) mass is 529 g/mol. The highest BCUT2D eigenvalue weighted by Gasteiger charge is 2.30. The molecule has 0 aliphatic rings. The summed E-state index contributed by atoms with van der Waals surface area (Å²) in [5.41, 5.74) is 0.0608. The number of rotatable bonds is 10. The smallest absolute Gasteiger partial charge is 0.265 e. The van der Waals surface area contributed by atoms with Crippen LogP contribution in [0.25, 0.3) is 0 Å². The predicted octanol–water partition coefficient (Wildman–Crippen LogP) is 3.82. The molecule has 2 N–H and O–H groups in total. The maximum absolute atomic E-state index is 14.8. The summed E-state index contributed by atoms with van der Waals surface area (Å²) < 4.78 is 53.1. The van der Waals surface area contributed by atoms with E-state index in [1.165, 1.54) is 62.8 Å². The normalized spacial score (nSPS) is 11.1. The zero-order valence-corrected chi connectivity index (χ0v) is 21.6. The Labute approximate surface area is 215 Å². The molecule has 0 spiro atoms. The van der Waals surface area contributed by atoms with Crippen LogP contribution in [0, 0.1) is 5.82 Å². The number of benzene rings is 3. The lowest BCUT2D eigenvalue weighted by atomic mass is 10.1. The summed E-state index contributed by atoms with van der Waals surface area (Å²) in [5, 5.41) is 5.32. The molecule has 0 radical (unpaired) electrons. The van der Waals surface area contributed by atoms with E-state index in [9.17, 15) is 22.4 Å². The van der Waals surface area contributed by atoms with Crippen LogP contribution in [0.4, 0.5) is 15.8 Å². The van der Waals surface area contributed by atoms with Crippen LogP contribution in [0.1, 0.15) is 24.2 Å². The summed E-state index contributed by atoms with van der Waals surface area (Å²) in [6, 6.07) is 15.3. The molecule has 0 saturated carbocycles. The van der Waals surface area contributed by atoms with Gasteiger partial charge in [0.05, 0.1) is 36.1 Å². The van der Waals surface area contributed by atoms with E-state index in [-0.39, 0.29) is 33.6 Å². The number of anilines is 2. The standard InChI is InChI=1S/C26H28FN3O6S/c1-17(2)28-26(32)19-9-5-7-11-21(19)29-25(31)16-30(22-12-8-6-10-20(22)27)37(33,34)18-13-14-23(35-3)24(15-18)36-4/h5-15,17H,16H2,1-4H3,(H,28,32)(H,29,31). The summed E-state index contributed by atoms with van der Waals surface area (Å²) in [7, 11) is -1.69. The van der Waals surface area contributed by atoms with Crippen LogP contribution in [0.3, 0.4) is 0 Å². The van der Waals surface area contributed by atoms with Crippen molar-refractivity contribution < 1.29 is 31.9 Å². The number of nitrogens with one attached hydrogen (secondary N) is 2. The van der Waals surface area contributed by atoms with Crippen molar-refractivity contribution in [3.8, 4) is 11.5 Å². The minimum Gasteiger partial charge on any atom is -0.493 e. The van der Waals surface area contributed by atoms with E-state index in [2.05, 4.69) is 10.6 Å². The molecular weight excluding hydrogens is 501 g/mol. The Morgan fingerprint density at radius 1 is 0.946 bits per heavy atom. The topological polar surface area (TPSA) is 114 Å². The number of para-hydroxylation sites is 2. The first-order valence-electron chi connectivity index (χ1n) is 11.3. The molecule has 0 saturated heterocycles. The van der Waals surface area contributed by atoms with Gasteiger partial charge in [0.2, 0.25) is 5.91 Å². The van der Waals surface area contributed by atoms with Gasteiger partial charge in [0.1, 0.15) is 12.4 Å². The summed E-state index contributed by atoms with van der Waals surface area (Å²) in [4.78, 5) is 25.4. The zero-order chi connectivity index (χ0) is 27.2. The van der Waals surface area contributed by atoms with Gasteiger partial charge in [-0.25, -0.2) is 12.8 Å². The van der Waals surface area contributed by atoms with Crippen molar-refractivity contribution in [3.05, 3.63) is 78.1 Å². The highest BCUT2D eigenvalue weighted by Crippen LogP contribution is 2.33. The number of carbonyl (C=O) groups excluding carboxylic acids is 2. The molecule has 0 fully saturated rings. The number of methoxy groups -OCH3 is 2. The first-order valence-corrected chi connectivity index (χ1v) is 12.7. The molecule has 196 valence electrons. The van der Waals surface area contributed by atoms with Crippen LogP contribution in [-0.2, 0) is 14.8 Å². The van der Waals surface area contributed by atoms with Gasteiger partial charge in [0.15, 0.2) is 11.5 Å². The third-order valence-electron chi connectivity index (χ3n) is 5.22. The van der Waals surface area contributed by atoms with Crippen molar-refractivity contribution in [2.45, 2.75) is 24.8 Å². The second-order valence-corrected chi connectivity index (χ2v) is 10.1. The SMILES string of the molecule is COc1ccc(S(=O)(=O)N(CC(=O)Nc2ccccc2C(=O)NC(C)C)c2ccccc2F)cc1OC. The first kappa shape index (κ1) is 27.5. The van der Waals surface area contributed by atoms with Gasteiger partial charge in [-0.1, -0.05) is 24.3 Å². The molecule has 11 heteroatoms. The number of hydrogen-bond donors (Lipinski definition) is 2.